The predicted molar refractivity (Wildman–Crippen MR) is 61.3 cm³/mol. The number of nitrogens with zero attached hydrogens (tertiary/aromatic N) is 1. The van der Waals surface area contributed by atoms with Gasteiger partial charge in [-0.2, -0.15) is 0 Å². The number of oxime groups is 1. The van der Waals surface area contributed by atoms with E-state index in [0.717, 1.165) is 6.21 Å². The van der Waals surface area contributed by atoms with Crippen LogP contribution in [0.1, 0.15) is 17.3 Å². The molecule has 0 heterocycles. The van der Waals surface area contributed by atoms with E-state index in [4.69, 9.17) is 9.94 Å². The molecule has 0 aromatic heterocycles. The van der Waals surface area contributed by atoms with Gasteiger partial charge in [0.15, 0.2) is 0 Å². The molecule has 0 fully saturated rings. The van der Waals surface area contributed by atoms with Crippen LogP contribution in [0.3, 0.4) is 0 Å². The third-order valence-corrected chi connectivity index (χ3v) is 1.84. The van der Waals surface area contributed by atoms with Gasteiger partial charge in [0, 0.05) is 5.69 Å². The summed E-state index contributed by atoms with van der Waals surface area (Å²) in [6, 6.07) is 6.16. The van der Waals surface area contributed by atoms with Crippen LogP contribution in [0, 0.1) is 0 Å². The first-order valence-corrected chi connectivity index (χ1v) is 4.93. The summed E-state index contributed by atoms with van der Waals surface area (Å²) >= 11 is 0. The molecule has 17 heavy (non-hydrogen) atoms. The summed E-state index contributed by atoms with van der Waals surface area (Å²) in [7, 11) is 0. The summed E-state index contributed by atoms with van der Waals surface area (Å²) in [5, 5.41) is 13.2. The molecule has 1 aromatic carbocycles. The first-order chi connectivity index (χ1) is 8.17. The number of anilines is 1. The van der Waals surface area contributed by atoms with Crippen LogP contribution in [0.15, 0.2) is 29.4 Å². The fourth-order valence-electron chi connectivity index (χ4n) is 1.13. The van der Waals surface area contributed by atoms with Crippen LogP contribution in [0.5, 0.6) is 0 Å². The van der Waals surface area contributed by atoms with E-state index in [1.165, 1.54) is 12.1 Å². The number of ether oxygens (including phenoxy) is 1. The number of carbonyl (C=O) groups excluding carboxylic acids is 2. The van der Waals surface area contributed by atoms with E-state index in [2.05, 4.69) is 10.5 Å². The summed E-state index contributed by atoms with van der Waals surface area (Å²) in [6.45, 7) is 2.03. The monoisotopic (exact) mass is 236 g/mol. The Morgan fingerprint density at radius 3 is 2.59 bits per heavy atom. The first kappa shape index (κ1) is 12.7. The van der Waals surface area contributed by atoms with Gasteiger partial charge in [-0.05, 0) is 31.2 Å². The summed E-state index contributed by atoms with van der Waals surface area (Å²) in [6.07, 6.45) is 0.735. The largest absolute Gasteiger partial charge is 0.462 e. The molecule has 6 nitrogen and oxygen atoms in total. The lowest BCUT2D eigenvalue weighted by Gasteiger charge is -2.04. The van der Waals surface area contributed by atoms with Crippen molar-refractivity contribution in [2.24, 2.45) is 5.16 Å². The van der Waals surface area contributed by atoms with E-state index in [1.807, 2.05) is 0 Å². The summed E-state index contributed by atoms with van der Waals surface area (Å²) in [5.74, 6) is -0.973. The molecule has 1 rings (SSSR count). The molecule has 0 unspecified atom stereocenters. The van der Waals surface area contributed by atoms with Crippen LogP contribution in [-0.4, -0.2) is 29.9 Å². The van der Waals surface area contributed by atoms with Crippen LogP contribution in [-0.2, 0) is 9.53 Å². The standard InChI is InChI=1S/C11H12N2O4/c1-2-17-11(15)8-3-5-9(6-4-8)13-10(14)7-12-16/h3-7,16H,2H2,1H3,(H,13,14)/b12-7+. The lowest BCUT2D eigenvalue weighted by molar-refractivity contribution is -0.110. The molecule has 0 spiro atoms. The maximum Gasteiger partial charge on any atom is 0.338 e. The van der Waals surface area contributed by atoms with E-state index in [-0.39, 0.29) is 0 Å². The van der Waals surface area contributed by atoms with Gasteiger partial charge in [-0.15, -0.1) is 0 Å². The highest BCUT2D eigenvalue weighted by Gasteiger charge is 2.06. The highest BCUT2D eigenvalue weighted by Crippen LogP contribution is 2.10. The average molecular weight is 236 g/mol. The first-order valence-electron chi connectivity index (χ1n) is 4.93. The SMILES string of the molecule is CCOC(=O)c1ccc(NC(=O)/C=N/O)cc1. The number of hydrogen-bond acceptors (Lipinski definition) is 5. The Kier molecular flexibility index (Phi) is 4.68. The number of amides is 1. The average Bonchev–Trinajstić information content (AvgIpc) is 2.30. The summed E-state index contributed by atoms with van der Waals surface area (Å²) < 4.78 is 4.81. The van der Waals surface area contributed by atoms with Crippen LogP contribution < -0.4 is 5.32 Å². The van der Waals surface area contributed by atoms with Gasteiger partial charge in [-0.3, -0.25) is 4.79 Å². The Labute approximate surface area is 97.9 Å². The van der Waals surface area contributed by atoms with Crippen LogP contribution in [0.4, 0.5) is 5.69 Å². The molecule has 0 saturated carbocycles. The number of carbonyl (C=O) groups is 2. The molecule has 2 N–H and O–H groups in total. The molecular formula is C11H12N2O4. The van der Waals surface area contributed by atoms with E-state index >= 15 is 0 Å². The molecule has 1 aromatic rings. The minimum Gasteiger partial charge on any atom is -0.462 e. The van der Waals surface area contributed by atoms with Crippen molar-refractivity contribution in [3.8, 4) is 0 Å². The van der Waals surface area contributed by atoms with Gasteiger partial charge in [-0.1, -0.05) is 5.16 Å². The zero-order chi connectivity index (χ0) is 12.7. The fraction of sp³-hybridized carbons (Fsp3) is 0.182. The maximum atomic E-state index is 11.3. The van der Waals surface area contributed by atoms with Gasteiger partial charge in [0.25, 0.3) is 5.91 Å². The van der Waals surface area contributed by atoms with Gasteiger partial charge in [0.1, 0.15) is 6.21 Å². The molecule has 1 amide bonds. The quantitative estimate of drug-likeness (QED) is 0.356. The number of benzene rings is 1. The summed E-state index contributed by atoms with van der Waals surface area (Å²) in [5.41, 5.74) is 0.892. The Balaban J connectivity index is 2.68. The lowest BCUT2D eigenvalue weighted by Crippen LogP contribution is -2.12. The molecule has 90 valence electrons. The normalized spacial score (nSPS) is 10.2. The minimum absolute atomic E-state index is 0.310. The van der Waals surface area contributed by atoms with Gasteiger partial charge in [0.05, 0.1) is 12.2 Å². The third-order valence-electron chi connectivity index (χ3n) is 1.84. The van der Waals surface area contributed by atoms with Crippen LogP contribution in [0.2, 0.25) is 0 Å². The fourth-order valence-corrected chi connectivity index (χ4v) is 1.13. The van der Waals surface area contributed by atoms with Gasteiger partial charge in [0.2, 0.25) is 0 Å². The lowest BCUT2D eigenvalue weighted by atomic mass is 10.2. The smallest absolute Gasteiger partial charge is 0.338 e. The second-order valence-corrected chi connectivity index (χ2v) is 3.03. The van der Waals surface area contributed by atoms with E-state index in [1.54, 1.807) is 19.1 Å². The Bertz CT molecular complexity index is 426. The number of hydrogen-bond donors (Lipinski definition) is 2. The van der Waals surface area contributed by atoms with Gasteiger partial charge >= 0.3 is 5.97 Å². The molecule has 0 aliphatic heterocycles. The van der Waals surface area contributed by atoms with Crippen LogP contribution >= 0.6 is 0 Å². The van der Waals surface area contributed by atoms with Crippen molar-refractivity contribution in [2.75, 3.05) is 11.9 Å². The Morgan fingerprint density at radius 2 is 2.06 bits per heavy atom. The summed E-state index contributed by atoms with van der Waals surface area (Å²) in [4.78, 5) is 22.3. The zero-order valence-corrected chi connectivity index (χ0v) is 9.21. The minimum atomic E-state index is -0.559. The van der Waals surface area contributed by atoms with Crippen molar-refractivity contribution in [3.63, 3.8) is 0 Å². The molecule has 6 heteroatoms. The zero-order valence-electron chi connectivity index (χ0n) is 9.21. The second kappa shape index (κ2) is 6.26. The molecule has 0 aliphatic rings. The Hall–Kier alpha value is -2.37. The molecule has 0 radical (unpaired) electrons. The van der Waals surface area contributed by atoms with E-state index in [9.17, 15) is 9.59 Å². The predicted octanol–water partition coefficient (Wildman–Crippen LogP) is 1.26. The topological polar surface area (TPSA) is 88.0 Å². The van der Waals surface area contributed by atoms with E-state index < -0.39 is 11.9 Å². The maximum absolute atomic E-state index is 11.3. The van der Waals surface area contributed by atoms with Gasteiger partial charge < -0.3 is 15.3 Å². The molecule has 0 saturated heterocycles. The van der Waals surface area contributed by atoms with Crippen molar-refractivity contribution in [1.29, 1.82) is 0 Å². The molecule has 0 atom stereocenters. The van der Waals surface area contributed by atoms with E-state index in [0.29, 0.717) is 17.9 Å². The molecule has 0 bridgehead atoms. The van der Waals surface area contributed by atoms with Crippen molar-refractivity contribution in [1.82, 2.24) is 0 Å². The van der Waals surface area contributed by atoms with Crippen molar-refractivity contribution in [3.05, 3.63) is 29.8 Å². The van der Waals surface area contributed by atoms with Crippen LogP contribution in [0.25, 0.3) is 0 Å². The van der Waals surface area contributed by atoms with Gasteiger partial charge in [-0.25, -0.2) is 4.79 Å². The van der Waals surface area contributed by atoms with Crippen molar-refractivity contribution < 1.29 is 19.5 Å². The molecular weight excluding hydrogens is 224 g/mol. The highest BCUT2D eigenvalue weighted by molar-refractivity contribution is 6.31. The van der Waals surface area contributed by atoms with Crippen molar-refractivity contribution in [2.45, 2.75) is 6.92 Å². The highest BCUT2D eigenvalue weighted by atomic mass is 16.5. The van der Waals surface area contributed by atoms with Crippen molar-refractivity contribution >= 4 is 23.8 Å². The second-order valence-electron chi connectivity index (χ2n) is 3.03. The Morgan fingerprint density at radius 1 is 1.41 bits per heavy atom. The number of rotatable bonds is 4. The molecule has 0 aliphatic carbocycles. The number of esters is 1. The third kappa shape index (κ3) is 3.94. The number of nitrogens with one attached hydrogen (secondary N) is 1.